The molecule has 0 unspecified atom stereocenters. The summed E-state index contributed by atoms with van der Waals surface area (Å²) >= 11 is 1.40. The molecule has 2 rings (SSSR count). The number of unbranched alkanes of at least 4 members (excludes halogenated alkanes) is 2. The van der Waals surface area contributed by atoms with E-state index in [1.807, 2.05) is 18.2 Å². The lowest BCUT2D eigenvalue weighted by Gasteiger charge is -2.10. The van der Waals surface area contributed by atoms with Gasteiger partial charge in [0.2, 0.25) is 5.75 Å². The smallest absolute Gasteiger partial charge is 0.203 e. The van der Waals surface area contributed by atoms with Gasteiger partial charge in [-0.2, -0.15) is 0 Å². The summed E-state index contributed by atoms with van der Waals surface area (Å²) in [7, 11) is 3.04. The van der Waals surface area contributed by atoms with Crippen LogP contribution in [0.15, 0.2) is 30.6 Å². The van der Waals surface area contributed by atoms with Crippen LogP contribution in [0.5, 0.6) is 17.2 Å². The second-order valence-electron chi connectivity index (χ2n) is 6.19. The molecule has 0 aliphatic heterocycles. The number of ether oxygens (including phenoxy) is 2. The maximum absolute atomic E-state index is 10.9. The Morgan fingerprint density at radius 3 is 2.63 bits per heavy atom. The number of aryl methyl sites for hydroxylation is 1. The Hall–Kier alpha value is -2.34. The Kier molecular flexibility index (Phi) is 8.33. The van der Waals surface area contributed by atoms with Crippen LogP contribution in [0.1, 0.15) is 37.3 Å². The summed E-state index contributed by atoms with van der Waals surface area (Å²) in [6, 6.07) is 5.53. The number of aromatic nitrogens is 1. The van der Waals surface area contributed by atoms with Gasteiger partial charge < -0.3 is 19.1 Å². The van der Waals surface area contributed by atoms with E-state index in [9.17, 15) is 9.90 Å². The third-order valence-corrected chi connectivity index (χ3v) is 4.99. The number of nitrogens with zero attached hydrogens (tertiary/aromatic N) is 1. The zero-order valence-electron chi connectivity index (χ0n) is 16.1. The van der Waals surface area contributed by atoms with Crippen molar-refractivity contribution in [2.75, 3.05) is 20.0 Å². The number of phenols is 1. The molecule has 1 N–H and O–H groups in total. The molecule has 0 amide bonds. The van der Waals surface area contributed by atoms with Crippen molar-refractivity contribution in [1.82, 2.24) is 4.57 Å². The number of carbonyl (C=O) groups excluding carboxylic acids is 1. The third-order valence-electron chi connectivity index (χ3n) is 4.09. The van der Waals surface area contributed by atoms with Gasteiger partial charge in [0.25, 0.3) is 0 Å². The van der Waals surface area contributed by atoms with Crippen LogP contribution >= 0.6 is 11.8 Å². The zero-order valence-corrected chi connectivity index (χ0v) is 16.9. The SMILES string of the molecule is COc1cc(/C=C/c2ccn(CCCCCSC(C)=O)c2)cc(O)c1OC. The highest BCUT2D eigenvalue weighted by atomic mass is 32.2. The lowest BCUT2D eigenvalue weighted by atomic mass is 10.1. The van der Waals surface area contributed by atoms with E-state index in [-0.39, 0.29) is 10.9 Å². The fourth-order valence-electron chi connectivity index (χ4n) is 2.74. The van der Waals surface area contributed by atoms with Crippen molar-refractivity contribution in [3.8, 4) is 17.2 Å². The summed E-state index contributed by atoms with van der Waals surface area (Å²) in [6.45, 7) is 2.58. The van der Waals surface area contributed by atoms with Gasteiger partial charge in [0.1, 0.15) is 0 Å². The minimum absolute atomic E-state index is 0.0528. The molecule has 0 atom stereocenters. The van der Waals surface area contributed by atoms with Crippen LogP contribution in [0.3, 0.4) is 0 Å². The van der Waals surface area contributed by atoms with E-state index in [0.29, 0.717) is 11.5 Å². The highest BCUT2D eigenvalue weighted by molar-refractivity contribution is 8.13. The van der Waals surface area contributed by atoms with Gasteiger partial charge in [-0.1, -0.05) is 30.3 Å². The Balaban J connectivity index is 1.88. The predicted octanol–water partition coefficient (Wildman–Crippen LogP) is 4.83. The minimum atomic E-state index is 0.0528. The normalized spacial score (nSPS) is 11.1. The van der Waals surface area contributed by atoms with Crippen LogP contribution in [-0.2, 0) is 11.3 Å². The first-order valence-corrected chi connectivity index (χ1v) is 9.94. The molecule has 1 heterocycles. The van der Waals surface area contributed by atoms with Crippen molar-refractivity contribution in [3.05, 3.63) is 41.7 Å². The van der Waals surface area contributed by atoms with Gasteiger partial charge in [0.05, 0.1) is 14.2 Å². The van der Waals surface area contributed by atoms with E-state index in [2.05, 4.69) is 23.0 Å². The van der Waals surface area contributed by atoms with E-state index < -0.39 is 0 Å². The van der Waals surface area contributed by atoms with Crippen molar-refractivity contribution >= 4 is 29.0 Å². The summed E-state index contributed by atoms with van der Waals surface area (Å²) < 4.78 is 12.6. The fourth-order valence-corrected chi connectivity index (χ4v) is 3.38. The third kappa shape index (κ3) is 6.71. The highest BCUT2D eigenvalue weighted by Crippen LogP contribution is 2.37. The molecule has 6 heteroatoms. The van der Waals surface area contributed by atoms with Crippen molar-refractivity contribution in [3.63, 3.8) is 0 Å². The number of methoxy groups -OCH3 is 2. The predicted molar refractivity (Wildman–Crippen MR) is 112 cm³/mol. The molecular formula is C21H27NO4S. The van der Waals surface area contributed by atoms with Gasteiger partial charge >= 0.3 is 0 Å². The number of hydrogen-bond acceptors (Lipinski definition) is 5. The first-order valence-electron chi connectivity index (χ1n) is 8.95. The molecule has 0 aliphatic rings. The lowest BCUT2D eigenvalue weighted by molar-refractivity contribution is -0.109. The van der Waals surface area contributed by atoms with Crippen molar-refractivity contribution in [1.29, 1.82) is 0 Å². The van der Waals surface area contributed by atoms with Crippen LogP contribution in [-0.4, -0.2) is 34.8 Å². The average Bonchev–Trinajstić information content (AvgIpc) is 3.10. The molecule has 5 nitrogen and oxygen atoms in total. The van der Waals surface area contributed by atoms with Gasteiger partial charge in [-0.25, -0.2) is 0 Å². The topological polar surface area (TPSA) is 60.7 Å². The van der Waals surface area contributed by atoms with Crippen LogP contribution in [0.25, 0.3) is 12.2 Å². The number of rotatable bonds is 10. The summed E-state index contributed by atoms with van der Waals surface area (Å²) in [5.74, 6) is 1.80. The number of phenolic OH excluding ortho intramolecular Hbond substituents is 1. The molecule has 27 heavy (non-hydrogen) atoms. The van der Waals surface area contributed by atoms with Crippen LogP contribution in [0.2, 0.25) is 0 Å². The van der Waals surface area contributed by atoms with E-state index in [1.165, 1.54) is 18.9 Å². The molecule has 2 aromatic rings. The van der Waals surface area contributed by atoms with E-state index in [4.69, 9.17) is 9.47 Å². The number of thioether (sulfide) groups is 1. The molecule has 0 bridgehead atoms. The van der Waals surface area contributed by atoms with Crippen LogP contribution in [0, 0.1) is 0 Å². The van der Waals surface area contributed by atoms with Crippen molar-refractivity contribution < 1.29 is 19.4 Å². The Bertz CT molecular complexity index is 782. The zero-order chi connectivity index (χ0) is 19.6. The molecule has 1 aromatic carbocycles. The molecule has 0 saturated carbocycles. The average molecular weight is 390 g/mol. The maximum atomic E-state index is 10.9. The Morgan fingerprint density at radius 2 is 1.93 bits per heavy atom. The number of benzene rings is 1. The molecular weight excluding hydrogens is 362 g/mol. The van der Waals surface area contributed by atoms with Crippen LogP contribution in [0.4, 0.5) is 0 Å². The largest absolute Gasteiger partial charge is 0.504 e. The highest BCUT2D eigenvalue weighted by Gasteiger charge is 2.10. The molecule has 0 saturated heterocycles. The second-order valence-corrected chi connectivity index (χ2v) is 7.46. The quantitative estimate of drug-likeness (QED) is 0.590. The second kappa shape index (κ2) is 10.7. The number of hydrogen-bond donors (Lipinski definition) is 1. The summed E-state index contributed by atoms with van der Waals surface area (Å²) in [5.41, 5.74) is 1.93. The molecule has 0 spiro atoms. The number of carbonyl (C=O) groups is 1. The van der Waals surface area contributed by atoms with Gasteiger partial charge in [0.15, 0.2) is 16.6 Å². The Morgan fingerprint density at radius 1 is 1.15 bits per heavy atom. The van der Waals surface area contributed by atoms with Crippen molar-refractivity contribution in [2.45, 2.75) is 32.7 Å². The molecule has 0 fully saturated rings. The Labute approximate surface area is 165 Å². The maximum Gasteiger partial charge on any atom is 0.203 e. The van der Waals surface area contributed by atoms with Crippen LogP contribution < -0.4 is 9.47 Å². The van der Waals surface area contributed by atoms with Gasteiger partial charge in [0, 0.05) is 31.6 Å². The van der Waals surface area contributed by atoms with Gasteiger partial charge in [-0.05, 0) is 42.2 Å². The summed E-state index contributed by atoms with van der Waals surface area (Å²) in [6.07, 6.45) is 11.4. The lowest BCUT2D eigenvalue weighted by Crippen LogP contribution is -1.95. The molecule has 0 radical (unpaired) electrons. The monoisotopic (exact) mass is 389 g/mol. The van der Waals surface area contributed by atoms with Gasteiger partial charge in [-0.15, -0.1) is 0 Å². The van der Waals surface area contributed by atoms with E-state index >= 15 is 0 Å². The van der Waals surface area contributed by atoms with Gasteiger partial charge in [-0.3, -0.25) is 4.79 Å². The minimum Gasteiger partial charge on any atom is -0.504 e. The first kappa shape index (κ1) is 21.0. The van der Waals surface area contributed by atoms with E-state index in [1.54, 1.807) is 20.1 Å². The molecule has 0 aliphatic carbocycles. The summed E-state index contributed by atoms with van der Waals surface area (Å²) in [5, 5.41) is 10.2. The molecule has 1 aromatic heterocycles. The number of aromatic hydroxyl groups is 1. The molecule has 146 valence electrons. The standard InChI is InChI=1S/C21H27NO4S/c1-16(23)27-12-6-4-5-10-22-11-9-17(15-22)7-8-18-13-19(24)21(26-3)20(14-18)25-2/h7-9,11,13-15,24H,4-6,10,12H2,1-3H3/b8-7+. The van der Waals surface area contributed by atoms with E-state index in [0.717, 1.165) is 42.7 Å². The summed E-state index contributed by atoms with van der Waals surface area (Å²) in [4.78, 5) is 10.9. The first-order chi connectivity index (χ1) is 13.0. The fraction of sp³-hybridized carbons (Fsp3) is 0.381. The van der Waals surface area contributed by atoms with Crippen molar-refractivity contribution in [2.24, 2.45) is 0 Å².